The van der Waals surface area contributed by atoms with E-state index in [4.69, 9.17) is 4.74 Å². The SMILES string of the molecule is C=C1CC[C@H]2C(=C)C(=O)O[C@H]2/C=C(/C)[C@H](O)C[C@H]1O. The number of rotatable bonds is 0. The molecule has 0 aromatic heterocycles. The van der Waals surface area contributed by atoms with Crippen molar-refractivity contribution in [2.24, 2.45) is 5.92 Å². The smallest absolute Gasteiger partial charge is 0.334 e. The maximum Gasteiger partial charge on any atom is 0.334 e. The standard InChI is InChI=1S/C15H20O4/c1-8-4-5-11-10(3)15(18)19-14(11)6-9(2)13(17)7-12(8)16/h6,11-14,16-17H,1,3-5,7H2,2H3/b9-6-/t11-,12+,13+,14-/m0/s1. The third kappa shape index (κ3) is 2.80. The highest BCUT2D eigenvalue weighted by Crippen LogP contribution is 2.34. The van der Waals surface area contributed by atoms with Gasteiger partial charge in [-0.05, 0) is 37.0 Å². The summed E-state index contributed by atoms with van der Waals surface area (Å²) < 4.78 is 5.27. The second-order valence-corrected chi connectivity index (χ2v) is 5.38. The molecule has 1 heterocycles. The van der Waals surface area contributed by atoms with E-state index in [-0.39, 0.29) is 24.4 Å². The van der Waals surface area contributed by atoms with Gasteiger partial charge in [0.1, 0.15) is 6.10 Å². The van der Waals surface area contributed by atoms with Gasteiger partial charge in [-0.2, -0.15) is 0 Å². The van der Waals surface area contributed by atoms with Crippen LogP contribution in [0, 0.1) is 5.92 Å². The van der Waals surface area contributed by atoms with Crippen LogP contribution in [0.3, 0.4) is 0 Å². The van der Waals surface area contributed by atoms with Crippen LogP contribution in [0.25, 0.3) is 0 Å². The highest BCUT2D eigenvalue weighted by atomic mass is 16.5. The first-order valence-electron chi connectivity index (χ1n) is 6.52. The lowest BCUT2D eigenvalue weighted by Gasteiger charge is -2.24. The van der Waals surface area contributed by atoms with E-state index in [1.807, 2.05) is 0 Å². The Morgan fingerprint density at radius 3 is 2.68 bits per heavy atom. The molecule has 1 saturated heterocycles. The lowest BCUT2D eigenvalue weighted by Crippen LogP contribution is -2.25. The highest BCUT2D eigenvalue weighted by molar-refractivity contribution is 5.91. The first-order valence-corrected chi connectivity index (χ1v) is 6.52. The summed E-state index contributed by atoms with van der Waals surface area (Å²) in [5, 5.41) is 19.9. The summed E-state index contributed by atoms with van der Waals surface area (Å²) in [5.74, 6) is -0.476. The van der Waals surface area contributed by atoms with Crippen molar-refractivity contribution < 1.29 is 19.7 Å². The van der Waals surface area contributed by atoms with Crippen LogP contribution in [0.4, 0.5) is 0 Å². The minimum atomic E-state index is -0.752. The van der Waals surface area contributed by atoms with Gasteiger partial charge in [-0.15, -0.1) is 0 Å². The van der Waals surface area contributed by atoms with Gasteiger partial charge < -0.3 is 14.9 Å². The van der Waals surface area contributed by atoms with Crippen LogP contribution in [0.15, 0.2) is 36.0 Å². The van der Waals surface area contributed by atoms with E-state index in [0.29, 0.717) is 29.6 Å². The number of esters is 1. The maximum absolute atomic E-state index is 11.6. The van der Waals surface area contributed by atoms with Crippen molar-refractivity contribution in [3.05, 3.63) is 36.0 Å². The molecular formula is C15H20O4. The third-order valence-corrected chi connectivity index (χ3v) is 4.00. The van der Waals surface area contributed by atoms with E-state index >= 15 is 0 Å². The molecule has 104 valence electrons. The quantitative estimate of drug-likeness (QED) is 0.395. The summed E-state index contributed by atoms with van der Waals surface area (Å²) in [4.78, 5) is 11.6. The number of carbonyl (C=O) groups is 1. The minimum Gasteiger partial charge on any atom is -0.454 e. The van der Waals surface area contributed by atoms with Crippen LogP contribution in [0.1, 0.15) is 26.2 Å². The Balaban J connectivity index is 2.30. The number of ether oxygens (including phenoxy) is 1. The molecule has 4 atom stereocenters. The zero-order valence-electron chi connectivity index (χ0n) is 11.1. The van der Waals surface area contributed by atoms with Gasteiger partial charge in [-0.1, -0.05) is 13.2 Å². The van der Waals surface area contributed by atoms with Crippen LogP contribution in [0.2, 0.25) is 0 Å². The van der Waals surface area contributed by atoms with Crippen LogP contribution in [-0.4, -0.2) is 34.5 Å². The van der Waals surface area contributed by atoms with Gasteiger partial charge in [0.15, 0.2) is 0 Å². The lowest BCUT2D eigenvalue weighted by atomic mass is 9.85. The molecule has 2 N–H and O–H groups in total. The summed E-state index contributed by atoms with van der Waals surface area (Å²) in [7, 11) is 0. The number of hydrogen-bond donors (Lipinski definition) is 2. The summed E-state index contributed by atoms with van der Waals surface area (Å²) in [6.07, 6.45) is 1.43. The molecule has 0 aromatic rings. The molecule has 4 heteroatoms. The molecule has 4 nitrogen and oxygen atoms in total. The summed E-state index contributed by atoms with van der Waals surface area (Å²) in [5.41, 5.74) is 1.84. The maximum atomic E-state index is 11.6. The number of hydrogen-bond acceptors (Lipinski definition) is 4. The Morgan fingerprint density at radius 1 is 1.32 bits per heavy atom. The molecule has 0 aromatic carbocycles. The second-order valence-electron chi connectivity index (χ2n) is 5.38. The van der Waals surface area contributed by atoms with Crippen molar-refractivity contribution in [3.8, 4) is 0 Å². The van der Waals surface area contributed by atoms with Crippen molar-refractivity contribution >= 4 is 5.97 Å². The van der Waals surface area contributed by atoms with Crippen LogP contribution >= 0.6 is 0 Å². The van der Waals surface area contributed by atoms with Gasteiger partial charge in [0.05, 0.1) is 12.2 Å². The fraction of sp³-hybridized carbons (Fsp3) is 0.533. The number of carbonyl (C=O) groups excluding carboxylic acids is 1. The summed E-state index contributed by atoms with van der Waals surface area (Å²) in [6, 6.07) is 0. The van der Waals surface area contributed by atoms with Crippen molar-refractivity contribution in [3.63, 3.8) is 0 Å². The first-order chi connectivity index (χ1) is 8.90. The zero-order valence-corrected chi connectivity index (χ0v) is 11.1. The topological polar surface area (TPSA) is 66.8 Å². The summed E-state index contributed by atoms with van der Waals surface area (Å²) in [6.45, 7) is 9.40. The number of aliphatic hydroxyl groups excluding tert-OH is 2. The molecule has 0 bridgehead atoms. The number of aliphatic hydroxyl groups is 2. The fourth-order valence-corrected chi connectivity index (χ4v) is 2.56. The molecule has 19 heavy (non-hydrogen) atoms. The molecule has 2 rings (SSSR count). The van der Waals surface area contributed by atoms with Crippen molar-refractivity contribution in [2.45, 2.75) is 44.5 Å². The van der Waals surface area contributed by atoms with Crippen LogP contribution in [-0.2, 0) is 9.53 Å². The van der Waals surface area contributed by atoms with E-state index in [9.17, 15) is 15.0 Å². The van der Waals surface area contributed by atoms with Crippen molar-refractivity contribution in [1.29, 1.82) is 0 Å². The van der Waals surface area contributed by atoms with E-state index in [1.54, 1.807) is 13.0 Å². The largest absolute Gasteiger partial charge is 0.454 e. The van der Waals surface area contributed by atoms with Crippen LogP contribution < -0.4 is 0 Å². The molecule has 2 aliphatic rings. The molecule has 1 aliphatic heterocycles. The van der Waals surface area contributed by atoms with E-state index in [0.717, 1.165) is 0 Å². The second kappa shape index (κ2) is 5.31. The highest BCUT2D eigenvalue weighted by Gasteiger charge is 2.38. The molecule has 1 aliphatic carbocycles. The normalized spacial score (nSPS) is 39.3. The molecule has 0 saturated carbocycles. The van der Waals surface area contributed by atoms with Gasteiger partial charge in [0.25, 0.3) is 0 Å². The Bertz CT molecular complexity index is 449. The Labute approximate surface area is 113 Å². The average molecular weight is 264 g/mol. The average Bonchev–Trinajstić information content (AvgIpc) is 2.61. The Kier molecular flexibility index (Phi) is 3.92. The van der Waals surface area contributed by atoms with E-state index in [1.165, 1.54) is 0 Å². The third-order valence-electron chi connectivity index (χ3n) is 4.00. The monoisotopic (exact) mass is 264 g/mol. The van der Waals surface area contributed by atoms with Crippen LogP contribution in [0.5, 0.6) is 0 Å². The van der Waals surface area contributed by atoms with Crippen molar-refractivity contribution in [1.82, 2.24) is 0 Å². The predicted octanol–water partition coefficient (Wildman–Crippen LogP) is 1.49. The molecule has 1 fully saturated rings. The zero-order chi connectivity index (χ0) is 14.2. The van der Waals surface area contributed by atoms with Crippen molar-refractivity contribution in [2.75, 3.05) is 0 Å². The van der Waals surface area contributed by atoms with Gasteiger partial charge in [0, 0.05) is 17.9 Å². The van der Waals surface area contributed by atoms with Gasteiger partial charge in [0.2, 0.25) is 0 Å². The molecule has 0 radical (unpaired) electrons. The van der Waals surface area contributed by atoms with Gasteiger partial charge in [-0.25, -0.2) is 4.79 Å². The lowest BCUT2D eigenvalue weighted by molar-refractivity contribution is -0.137. The van der Waals surface area contributed by atoms with E-state index < -0.39 is 12.2 Å². The Morgan fingerprint density at radius 2 is 2.00 bits per heavy atom. The first kappa shape index (κ1) is 14.0. The molecular weight excluding hydrogens is 244 g/mol. The van der Waals surface area contributed by atoms with E-state index in [2.05, 4.69) is 13.2 Å². The molecule has 0 unspecified atom stereocenters. The fourth-order valence-electron chi connectivity index (χ4n) is 2.56. The minimum absolute atomic E-state index is 0.100. The molecule has 0 amide bonds. The number of fused-ring (bicyclic) bond motifs is 1. The molecule has 0 spiro atoms. The summed E-state index contributed by atoms with van der Waals surface area (Å²) >= 11 is 0. The Hall–Kier alpha value is -1.39. The van der Waals surface area contributed by atoms with Gasteiger partial charge in [-0.3, -0.25) is 0 Å². The predicted molar refractivity (Wildman–Crippen MR) is 71.3 cm³/mol. The van der Waals surface area contributed by atoms with Gasteiger partial charge >= 0.3 is 5.97 Å².